The quantitative estimate of drug-likeness (QED) is 0.610. The van der Waals surface area contributed by atoms with Crippen LogP contribution in [0.15, 0.2) is 26.6 Å². The third-order valence-electron chi connectivity index (χ3n) is 1.56. The molecule has 2 rings (SSSR count). The van der Waals surface area contributed by atoms with Crippen LogP contribution in [0.2, 0.25) is 0 Å². The van der Waals surface area contributed by atoms with Gasteiger partial charge in [-0.2, -0.15) is 0 Å². The molecule has 1 aromatic heterocycles. The van der Waals surface area contributed by atoms with Crippen molar-refractivity contribution in [2.45, 2.75) is 0 Å². The fourth-order valence-corrected chi connectivity index (χ4v) is 3.25. The molecule has 0 radical (unpaired) electrons. The predicted octanol–water partition coefficient (Wildman–Crippen LogP) is 4.33. The minimum Gasteiger partial charge on any atom is -0.137 e. The van der Waals surface area contributed by atoms with E-state index in [4.69, 9.17) is 0 Å². The molecule has 2 aromatic rings. The van der Waals surface area contributed by atoms with Crippen LogP contribution < -0.4 is 0 Å². The highest BCUT2D eigenvalue weighted by Crippen LogP contribution is 2.31. The summed E-state index contributed by atoms with van der Waals surface area (Å²) >= 11 is 10.6. The van der Waals surface area contributed by atoms with Gasteiger partial charge in [-0.3, -0.25) is 0 Å². The smallest absolute Gasteiger partial charge is 0.137 e. The van der Waals surface area contributed by atoms with Gasteiger partial charge < -0.3 is 0 Å². The fourth-order valence-electron chi connectivity index (χ4n) is 0.976. The highest BCUT2D eigenvalue weighted by molar-refractivity contribution is 14.1. The molecule has 0 bridgehead atoms. The maximum atomic E-state index is 4.08. The topological polar surface area (TPSA) is 25.8 Å². The van der Waals surface area contributed by atoms with Gasteiger partial charge in [0.05, 0.1) is 0 Å². The van der Waals surface area contributed by atoms with Crippen LogP contribution in [0.1, 0.15) is 0 Å². The van der Waals surface area contributed by atoms with E-state index in [0.29, 0.717) is 0 Å². The summed E-state index contributed by atoms with van der Waals surface area (Å²) in [6.45, 7) is 0. The SMILES string of the molecule is Brc1ccc(I)c(-c2nnc(Br)s2)c1. The van der Waals surface area contributed by atoms with E-state index in [0.717, 1.165) is 19.0 Å². The molecule has 0 spiro atoms. The first-order chi connectivity index (χ1) is 6.66. The highest BCUT2D eigenvalue weighted by atomic mass is 127. The molecule has 0 fully saturated rings. The van der Waals surface area contributed by atoms with Crippen molar-refractivity contribution in [3.8, 4) is 10.6 Å². The van der Waals surface area contributed by atoms with Crippen LogP contribution in [0.4, 0.5) is 0 Å². The van der Waals surface area contributed by atoms with E-state index in [-0.39, 0.29) is 0 Å². The summed E-state index contributed by atoms with van der Waals surface area (Å²) < 4.78 is 3.04. The Morgan fingerprint density at radius 3 is 2.64 bits per heavy atom. The van der Waals surface area contributed by atoms with Crippen LogP contribution in [0.5, 0.6) is 0 Å². The van der Waals surface area contributed by atoms with Gasteiger partial charge in [0.1, 0.15) is 5.01 Å². The lowest BCUT2D eigenvalue weighted by Crippen LogP contribution is -1.82. The summed E-state index contributed by atoms with van der Waals surface area (Å²) in [7, 11) is 0. The molecule has 1 aromatic carbocycles. The van der Waals surface area contributed by atoms with E-state index < -0.39 is 0 Å². The monoisotopic (exact) mass is 444 g/mol. The average molecular weight is 446 g/mol. The summed E-state index contributed by atoms with van der Waals surface area (Å²) in [6, 6.07) is 6.12. The van der Waals surface area contributed by atoms with E-state index in [9.17, 15) is 0 Å². The Morgan fingerprint density at radius 1 is 1.21 bits per heavy atom. The first kappa shape index (κ1) is 11.0. The van der Waals surface area contributed by atoms with Crippen molar-refractivity contribution in [3.05, 3.63) is 30.2 Å². The van der Waals surface area contributed by atoms with E-state index in [2.05, 4.69) is 76.8 Å². The zero-order valence-corrected chi connectivity index (χ0v) is 12.8. The summed E-state index contributed by atoms with van der Waals surface area (Å²) in [6.07, 6.45) is 0. The van der Waals surface area contributed by atoms with Crippen molar-refractivity contribution in [3.63, 3.8) is 0 Å². The van der Waals surface area contributed by atoms with Gasteiger partial charge in [-0.15, -0.1) is 10.2 Å². The zero-order valence-electron chi connectivity index (χ0n) is 6.67. The number of aromatic nitrogens is 2. The molecule has 0 aliphatic rings. The summed E-state index contributed by atoms with van der Waals surface area (Å²) in [5.74, 6) is 0. The second kappa shape index (κ2) is 4.54. The van der Waals surface area contributed by atoms with Gasteiger partial charge in [-0.1, -0.05) is 27.3 Å². The Morgan fingerprint density at radius 2 is 2.00 bits per heavy atom. The van der Waals surface area contributed by atoms with Crippen LogP contribution >= 0.6 is 65.8 Å². The zero-order chi connectivity index (χ0) is 10.1. The second-order valence-corrected chi connectivity index (χ2v) is 6.82. The molecular formula is C8H3Br2IN2S. The molecule has 0 N–H and O–H groups in total. The Balaban J connectivity index is 2.55. The van der Waals surface area contributed by atoms with Crippen molar-refractivity contribution >= 4 is 65.8 Å². The molecule has 6 heteroatoms. The van der Waals surface area contributed by atoms with E-state index in [1.807, 2.05) is 6.07 Å². The van der Waals surface area contributed by atoms with Crippen LogP contribution in [-0.4, -0.2) is 10.2 Å². The van der Waals surface area contributed by atoms with Crippen LogP contribution in [0.3, 0.4) is 0 Å². The van der Waals surface area contributed by atoms with Crippen molar-refractivity contribution < 1.29 is 0 Å². The molecule has 72 valence electrons. The number of rotatable bonds is 1. The Labute approximate surface area is 116 Å². The number of hydrogen-bond acceptors (Lipinski definition) is 3. The lowest BCUT2D eigenvalue weighted by Gasteiger charge is -1.99. The molecule has 0 aliphatic carbocycles. The summed E-state index contributed by atoms with van der Waals surface area (Å²) in [5.41, 5.74) is 1.11. The Kier molecular flexibility index (Phi) is 3.56. The highest BCUT2D eigenvalue weighted by Gasteiger charge is 2.08. The van der Waals surface area contributed by atoms with E-state index >= 15 is 0 Å². The van der Waals surface area contributed by atoms with Gasteiger partial charge in [0.2, 0.25) is 0 Å². The van der Waals surface area contributed by atoms with Crippen molar-refractivity contribution in [2.75, 3.05) is 0 Å². The molecule has 0 amide bonds. The molecular weight excluding hydrogens is 443 g/mol. The third kappa shape index (κ3) is 2.34. The normalized spacial score (nSPS) is 10.5. The largest absolute Gasteiger partial charge is 0.183 e. The molecule has 14 heavy (non-hydrogen) atoms. The molecule has 0 atom stereocenters. The van der Waals surface area contributed by atoms with Crippen molar-refractivity contribution in [2.24, 2.45) is 0 Å². The molecule has 0 saturated carbocycles. The number of hydrogen-bond donors (Lipinski definition) is 0. The predicted molar refractivity (Wildman–Crippen MR) is 73.5 cm³/mol. The Hall–Kier alpha value is 0.470. The van der Waals surface area contributed by atoms with Crippen molar-refractivity contribution in [1.29, 1.82) is 0 Å². The number of halogens is 3. The standard InChI is InChI=1S/C8H3Br2IN2S/c9-4-1-2-6(11)5(3-4)7-12-13-8(10)14-7/h1-3H. The first-order valence-electron chi connectivity index (χ1n) is 3.61. The second-order valence-electron chi connectivity index (χ2n) is 2.48. The van der Waals surface area contributed by atoms with E-state index in [1.54, 1.807) is 0 Å². The lowest BCUT2D eigenvalue weighted by molar-refractivity contribution is 1.07. The maximum Gasteiger partial charge on any atom is 0.183 e. The maximum absolute atomic E-state index is 4.08. The molecule has 1 heterocycles. The summed E-state index contributed by atoms with van der Waals surface area (Å²) in [4.78, 5) is 0. The molecule has 2 nitrogen and oxygen atoms in total. The number of nitrogens with zero attached hydrogens (tertiary/aromatic N) is 2. The lowest BCUT2D eigenvalue weighted by atomic mass is 10.2. The van der Waals surface area contributed by atoms with Gasteiger partial charge in [0.25, 0.3) is 0 Å². The van der Waals surface area contributed by atoms with Gasteiger partial charge in [0, 0.05) is 13.6 Å². The first-order valence-corrected chi connectivity index (χ1v) is 7.09. The van der Waals surface area contributed by atoms with Crippen LogP contribution in [0, 0.1) is 3.57 Å². The minimum atomic E-state index is 0.809. The van der Waals surface area contributed by atoms with Crippen molar-refractivity contribution in [1.82, 2.24) is 10.2 Å². The molecule has 0 unspecified atom stereocenters. The summed E-state index contributed by atoms with van der Waals surface area (Å²) in [5, 5.41) is 8.95. The van der Waals surface area contributed by atoms with Gasteiger partial charge in [-0.25, -0.2) is 0 Å². The average Bonchev–Trinajstić information content (AvgIpc) is 2.56. The van der Waals surface area contributed by atoms with Gasteiger partial charge in [0.15, 0.2) is 3.92 Å². The van der Waals surface area contributed by atoms with E-state index in [1.165, 1.54) is 14.9 Å². The van der Waals surface area contributed by atoms with Gasteiger partial charge in [-0.05, 0) is 56.7 Å². The molecule has 0 aliphatic heterocycles. The van der Waals surface area contributed by atoms with Crippen LogP contribution in [0.25, 0.3) is 10.6 Å². The molecule has 0 saturated heterocycles. The Bertz CT molecular complexity index is 472. The number of benzene rings is 1. The third-order valence-corrected chi connectivity index (χ3v) is 4.38. The van der Waals surface area contributed by atoms with Crippen LogP contribution in [-0.2, 0) is 0 Å². The van der Waals surface area contributed by atoms with Gasteiger partial charge >= 0.3 is 0 Å². The fraction of sp³-hybridized carbons (Fsp3) is 0. The minimum absolute atomic E-state index is 0.809.